The van der Waals surface area contributed by atoms with Gasteiger partial charge in [-0.25, -0.2) is 0 Å². The van der Waals surface area contributed by atoms with Gasteiger partial charge in [-0.2, -0.15) is 15.8 Å². The molecule has 1 aromatic carbocycles. The maximum atomic E-state index is 9.71. The molecule has 1 fully saturated rings. The van der Waals surface area contributed by atoms with Gasteiger partial charge >= 0.3 is 0 Å². The molecule has 1 aliphatic carbocycles. The van der Waals surface area contributed by atoms with Crippen LogP contribution in [0.2, 0.25) is 0 Å². The number of rotatable bonds is 12. The largest absolute Gasteiger partial charge is 0.378 e. The molecule has 0 aromatic heterocycles. The molecule has 0 saturated carbocycles. The summed E-state index contributed by atoms with van der Waals surface area (Å²) in [4.78, 5) is 7.80. The third-order valence-electron chi connectivity index (χ3n) is 7.17. The molecule has 2 aliphatic heterocycles. The van der Waals surface area contributed by atoms with Gasteiger partial charge in [0.25, 0.3) is 0 Å². The lowest BCUT2D eigenvalue weighted by molar-refractivity contribution is 0.0299. The summed E-state index contributed by atoms with van der Waals surface area (Å²) in [5.41, 5.74) is 7.66. The third-order valence-corrected chi connectivity index (χ3v) is 10.1. The SMILES string of the molecule is N#CS(C#N)(C#N)c1ccc2c(c1)N(CCC1CCCCN1CCOCCOCCN)C1=CCCC=C1S2. The normalized spacial score (nSPS) is 19.7. The Labute approximate surface area is 232 Å². The maximum Gasteiger partial charge on any atom is 0.145 e. The predicted octanol–water partition coefficient (Wildman–Crippen LogP) is 5.00. The number of hydrogen-bond donors (Lipinski definition) is 1. The van der Waals surface area contributed by atoms with Crippen LogP contribution in [0.3, 0.4) is 0 Å². The van der Waals surface area contributed by atoms with Crippen molar-refractivity contribution in [3.8, 4) is 16.2 Å². The summed E-state index contributed by atoms with van der Waals surface area (Å²) in [6, 6.07) is 6.15. The van der Waals surface area contributed by atoms with Gasteiger partial charge in [0.2, 0.25) is 0 Å². The average molecular weight is 553 g/mol. The number of hydrogen-bond acceptors (Lipinski definition) is 9. The first-order chi connectivity index (χ1) is 18.7. The molecule has 1 unspecified atom stereocenters. The Morgan fingerprint density at radius 3 is 2.50 bits per heavy atom. The zero-order chi connectivity index (χ0) is 26.8. The number of fused-ring (bicyclic) bond motifs is 2. The van der Waals surface area contributed by atoms with Crippen LogP contribution in [-0.4, -0.2) is 63.5 Å². The van der Waals surface area contributed by atoms with Crippen molar-refractivity contribution in [2.75, 3.05) is 57.5 Å². The Morgan fingerprint density at radius 1 is 0.974 bits per heavy atom. The minimum Gasteiger partial charge on any atom is -0.378 e. The lowest BCUT2D eigenvalue weighted by Crippen LogP contribution is -2.43. The summed E-state index contributed by atoms with van der Waals surface area (Å²) in [6.45, 7) is 5.78. The van der Waals surface area contributed by atoms with Gasteiger partial charge in [0.1, 0.15) is 16.2 Å². The first-order valence-electron chi connectivity index (χ1n) is 13.3. The lowest BCUT2D eigenvalue weighted by atomic mass is 9.98. The molecule has 4 rings (SSSR count). The highest BCUT2D eigenvalue weighted by Crippen LogP contribution is 2.56. The number of allylic oxidation sites excluding steroid dienone is 2. The molecular weight excluding hydrogens is 516 g/mol. The van der Waals surface area contributed by atoms with Crippen LogP contribution in [0.1, 0.15) is 38.5 Å². The van der Waals surface area contributed by atoms with E-state index in [4.69, 9.17) is 15.2 Å². The summed E-state index contributed by atoms with van der Waals surface area (Å²) >= 11 is 1.74. The molecule has 0 amide bonds. The van der Waals surface area contributed by atoms with Gasteiger partial charge < -0.3 is 20.1 Å². The van der Waals surface area contributed by atoms with Crippen molar-refractivity contribution in [3.63, 3.8) is 0 Å². The minimum atomic E-state index is -2.83. The van der Waals surface area contributed by atoms with E-state index in [1.54, 1.807) is 17.8 Å². The van der Waals surface area contributed by atoms with Gasteiger partial charge in [0, 0.05) is 40.4 Å². The summed E-state index contributed by atoms with van der Waals surface area (Å²) in [6.07, 6.45) is 11.3. The summed E-state index contributed by atoms with van der Waals surface area (Å²) in [7, 11) is -2.83. The van der Waals surface area contributed by atoms with Crippen molar-refractivity contribution in [3.05, 3.63) is 41.0 Å². The molecule has 1 aromatic rings. The number of anilines is 1. The number of nitrogens with two attached hydrogens (primary N) is 1. The monoisotopic (exact) mass is 552 g/mol. The Morgan fingerprint density at radius 2 is 1.74 bits per heavy atom. The molecule has 0 spiro atoms. The number of benzene rings is 1. The second kappa shape index (κ2) is 14.1. The highest BCUT2D eigenvalue weighted by molar-refractivity contribution is 8.44. The van der Waals surface area contributed by atoms with E-state index in [2.05, 4.69) is 22.0 Å². The number of piperidine rings is 1. The molecule has 3 aliphatic rings. The zero-order valence-corrected chi connectivity index (χ0v) is 23.4. The Hall–Kier alpha value is -2.49. The molecule has 2 N–H and O–H groups in total. The molecule has 1 saturated heterocycles. The first-order valence-corrected chi connectivity index (χ1v) is 15.8. The number of ether oxygens (including phenoxy) is 2. The molecule has 2 heterocycles. The number of nitriles is 3. The fraction of sp³-hybridized carbons (Fsp3) is 0.536. The molecule has 202 valence electrons. The van der Waals surface area contributed by atoms with Crippen LogP contribution < -0.4 is 10.6 Å². The van der Waals surface area contributed by atoms with Gasteiger partial charge in [0.05, 0.1) is 47.8 Å². The zero-order valence-electron chi connectivity index (χ0n) is 21.8. The molecule has 0 radical (unpaired) electrons. The smallest absolute Gasteiger partial charge is 0.145 e. The van der Waals surface area contributed by atoms with Crippen LogP contribution in [0.25, 0.3) is 0 Å². The second-order valence-electron chi connectivity index (χ2n) is 9.49. The number of thiocyanates is 3. The Bertz CT molecular complexity index is 1130. The number of likely N-dealkylation sites (tertiary alicyclic amines) is 1. The van der Waals surface area contributed by atoms with Crippen LogP contribution >= 0.6 is 21.8 Å². The van der Waals surface area contributed by atoms with Gasteiger partial charge in [-0.05, 0) is 56.8 Å². The highest BCUT2D eigenvalue weighted by Gasteiger charge is 2.33. The fourth-order valence-electron chi connectivity index (χ4n) is 5.22. The van der Waals surface area contributed by atoms with Crippen LogP contribution in [0.4, 0.5) is 5.69 Å². The first kappa shape index (κ1) is 28.5. The van der Waals surface area contributed by atoms with Gasteiger partial charge in [0.15, 0.2) is 0 Å². The molecular formula is C28H36N6O2S2. The van der Waals surface area contributed by atoms with E-state index < -0.39 is 10.0 Å². The van der Waals surface area contributed by atoms with Crippen molar-refractivity contribution < 1.29 is 9.47 Å². The van der Waals surface area contributed by atoms with E-state index in [1.807, 2.05) is 28.3 Å². The van der Waals surface area contributed by atoms with Crippen LogP contribution in [-0.2, 0) is 9.47 Å². The quantitative estimate of drug-likeness (QED) is 0.282. The summed E-state index contributed by atoms with van der Waals surface area (Å²) in [5, 5.41) is 35.2. The average Bonchev–Trinajstić information content (AvgIpc) is 2.96. The van der Waals surface area contributed by atoms with E-state index in [-0.39, 0.29) is 0 Å². The standard InChI is InChI=1S/C28H36N6O2S2/c29-11-15-35-17-18-36-16-14-33-12-4-3-5-23(33)10-13-34-25-6-1-2-7-27(25)37-28-9-8-24(19-26(28)34)38(20-30,21-31)22-32/h6-9,19,23H,1-5,10-18,29H2. The minimum absolute atomic E-state index is 0.473. The van der Waals surface area contributed by atoms with Crippen molar-refractivity contribution in [2.24, 2.45) is 5.73 Å². The van der Waals surface area contributed by atoms with E-state index in [0.717, 1.165) is 49.5 Å². The van der Waals surface area contributed by atoms with Crippen molar-refractivity contribution in [1.29, 1.82) is 15.8 Å². The molecule has 1 atom stereocenters. The Balaban J connectivity index is 1.48. The summed E-state index contributed by atoms with van der Waals surface area (Å²) < 4.78 is 11.2. The fourth-order valence-corrected chi connectivity index (χ4v) is 7.36. The molecule has 10 heteroatoms. The third kappa shape index (κ3) is 6.55. The topological polar surface area (TPSA) is 122 Å². The van der Waals surface area contributed by atoms with E-state index in [1.165, 1.54) is 29.9 Å². The van der Waals surface area contributed by atoms with Crippen LogP contribution in [0, 0.1) is 32.0 Å². The van der Waals surface area contributed by atoms with Crippen LogP contribution in [0.5, 0.6) is 0 Å². The van der Waals surface area contributed by atoms with E-state index in [0.29, 0.717) is 43.9 Å². The lowest BCUT2D eigenvalue weighted by Gasteiger charge is -2.40. The number of thioether (sulfide) groups is 1. The maximum absolute atomic E-state index is 9.71. The number of nitrogens with zero attached hydrogens (tertiary/aromatic N) is 5. The van der Waals surface area contributed by atoms with Gasteiger partial charge in [-0.3, -0.25) is 4.90 Å². The molecule has 8 nitrogen and oxygen atoms in total. The van der Waals surface area contributed by atoms with Crippen molar-refractivity contribution >= 4 is 27.5 Å². The van der Waals surface area contributed by atoms with Gasteiger partial charge in [-0.15, -0.1) is 0 Å². The van der Waals surface area contributed by atoms with Crippen molar-refractivity contribution in [2.45, 2.75) is 54.4 Å². The molecule has 0 bridgehead atoms. The van der Waals surface area contributed by atoms with Crippen LogP contribution in [0.15, 0.2) is 50.7 Å². The van der Waals surface area contributed by atoms with Gasteiger partial charge in [-0.1, -0.05) is 30.3 Å². The highest BCUT2D eigenvalue weighted by atomic mass is 32.3. The summed E-state index contributed by atoms with van der Waals surface area (Å²) in [5.74, 6) is 0. The second-order valence-corrected chi connectivity index (χ2v) is 12.8. The van der Waals surface area contributed by atoms with Crippen molar-refractivity contribution in [1.82, 2.24) is 4.90 Å². The molecule has 38 heavy (non-hydrogen) atoms. The Kier molecular flexibility index (Phi) is 10.5. The predicted molar refractivity (Wildman–Crippen MR) is 152 cm³/mol. The van der Waals surface area contributed by atoms with E-state index >= 15 is 0 Å². The van der Waals surface area contributed by atoms with E-state index in [9.17, 15) is 15.8 Å².